The molecule has 0 unspecified atom stereocenters. The van der Waals surface area contributed by atoms with Gasteiger partial charge in [0.1, 0.15) is 11.5 Å². The van der Waals surface area contributed by atoms with Crippen LogP contribution in [0.1, 0.15) is 5.56 Å². The standard InChI is InChI=1S/C13H14N2O/c1-9-6-11(15)8-13(7-9)16-12-4-2-10(14)3-5-12/h2-8H,14-15H2,1H3. The number of hydrogen-bond acceptors (Lipinski definition) is 3. The summed E-state index contributed by atoms with van der Waals surface area (Å²) in [4.78, 5) is 0. The number of ether oxygens (including phenoxy) is 1. The molecule has 2 aromatic carbocycles. The number of hydrogen-bond donors (Lipinski definition) is 2. The van der Waals surface area contributed by atoms with E-state index in [2.05, 4.69) is 0 Å². The van der Waals surface area contributed by atoms with Crippen LogP contribution in [0.4, 0.5) is 11.4 Å². The Kier molecular flexibility index (Phi) is 2.68. The molecule has 0 aliphatic heterocycles. The SMILES string of the molecule is Cc1cc(N)cc(Oc2ccc(N)cc2)c1. The lowest BCUT2D eigenvalue weighted by Crippen LogP contribution is -1.90. The van der Waals surface area contributed by atoms with Crippen LogP contribution in [0.3, 0.4) is 0 Å². The maximum Gasteiger partial charge on any atom is 0.129 e. The second-order valence-electron chi connectivity index (χ2n) is 3.75. The van der Waals surface area contributed by atoms with Crippen LogP contribution in [0.25, 0.3) is 0 Å². The second kappa shape index (κ2) is 4.14. The third kappa shape index (κ3) is 2.45. The maximum atomic E-state index is 5.74. The van der Waals surface area contributed by atoms with Crippen molar-refractivity contribution < 1.29 is 4.74 Å². The van der Waals surface area contributed by atoms with Crippen LogP contribution in [-0.4, -0.2) is 0 Å². The third-order valence-corrected chi connectivity index (χ3v) is 2.19. The smallest absolute Gasteiger partial charge is 0.129 e. The molecular formula is C13H14N2O. The van der Waals surface area contributed by atoms with Gasteiger partial charge in [-0.3, -0.25) is 0 Å². The molecule has 3 nitrogen and oxygen atoms in total. The molecule has 2 aromatic rings. The van der Waals surface area contributed by atoms with Crippen LogP contribution in [-0.2, 0) is 0 Å². The van der Waals surface area contributed by atoms with Crippen molar-refractivity contribution in [2.24, 2.45) is 0 Å². The number of anilines is 2. The molecule has 0 spiro atoms. The Morgan fingerprint density at radius 3 is 2.12 bits per heavy atom. The van der Waals surface area contributed by atoms with Crippen LogP contribution in [0, 0.1) is 6.92 Å². The first kappa shape index (κ1) is 10.4. The van der Waals surface area contributed by atoms with Gasteiger partial charge in [0.25, 0.3) is 0 Å². The van der Waals surface area contributed by atoms with E-state index in [9.17, 15) is 0 Å². The van der Waals surface area contributed by atoms with Gasteiger partial charge in [-0.2, -0.15) is 0 Å². The van der Waals surface area contributed by atoms with Crippen molar-refractivity contribution in [3.8, 4) is 11.5 Å². The van der Waals surface area contributed by atoms with Gasteiger partial charge in [0.05, 0.1) is 0 Å². The van der Waals surface area contributed by atoms with Crippen LogP contribution in [0.2, 0.25) is 0 Å². The van der Waals surface area contributed by atoms with Gasteiger partial charge in [-0.05, 0) is 48.9 Å². The molecule has 0 fully saturated rings. The minimum absolute atomic E-state index is 0.699. The summed E-state index contributed by atoms with van der Waals surface area (Å²) in [7, 11) is 0. The van der Waals surface area contributed by atoms with Crippen molar-refractivity contribution in [1.82, 2.24) is 0 Å². The summed E-state index contributed by atoms with van der Waals surface area (Å²) in [5.41, 5.74) is 13.8. The maximum absolute atomic E-state index is 5.74. The third-order valence-electron chi connectivity index (χ3n) is 2.19. The molecule has 0 amide bonds. The summed E-state index contributed by atoms with van der Waals surface area (Å²) in [6.07, 6.45) is 0. The van der Waals surface area contributed by atoms with E-state index in [4.69, 9.17) is 16.2 Å². The van der Waals surface area contributed by atoms with Crippen LogP contribution in [0.5, 0.6) is 11.5 Å². The molecule has 2 rings (SSSR count). The summed E-state index contributed by atoms with van der Waals surface area (Å²) < 4.78 is 5.66. The molecule has 0 aliphatic carbocycles. The molecule has 82 valence electrons. The highest BCUT2D eigenvalue weighted by Crippen LogP contribution is 2.25. The molecule has 0 aromatic heterocycles. The molecular weight excluding hydrogens is 200 g/mol. The zero-order valence-corrected chi connectivity index (χ0v) is 9.10. The number of aryl methyl sites for hydroxylation is 1. The van der Waals surface area contributed by atoms with Gasteiger partial charge in [-0.25, -0.2) is 0 Å². The largest absolute Gasteiger partial charge is 0.457 e. The van der Waals surface area contributed by atoms with E-state index in [1.54, 1.807) is 18.2 Å². The number of benzene rings is 2. The summed E-state index contributed by atoms with van der Waals surface area (Å²) in [5.74, 6) is 1.49. The summed E-state index contributed by atoms with van der Waals surface area (Å²) in [6.45, 7) is 1.98. The minimum Gasteiger partial charge on any atom is -0.457 e. The van der Waals surface area contributed by atoms with E-state index in [0.29, 0.717) is 5.69 Å². The Morgan fingerprint density at radius 2 is 1.50 bits per heavy atom. The fourth-order valence-corrected chi connectivity index (χ4v) is 1.51. The summed E-state index contributed by atoms with van der Waals surface area (Å²) in [6, 6.07) is 12.9. The predicted molar refractivity (Wildman–Crippen MR) is 66.5 cm³/mol. The monoisotopic (exact) mass is 214 g/mol. The topological polar surface area (TPSA) is 61.3 Å². The first-order valence-electron chi connectivity index (χ1n) is 5.04. The van der Waals surface area contributed by atoms with Crippen LogP contribution >= 0.6 is 0 Å². The van der Waals surface area contributed by atoms with Crippen molar-refractivity contribution in [1.29, 1.82) is 0 Å². The zero-order chi connectivity index (χ0) is 11.5. The van der Waals surface area contributed by atoms with Crippen molar-refractivity contribution in [3.63, 3.8) is 0 Å². The molecule has 16 heavy (non-hydrogen) atoms. The molecule has 3 heteroatoms. The summed E-state index contributed by atoms with van der Waals surface area (Å²) >= 11 is 0. The first-order chi connectivity index (χ1) is 7.63. The van der Waals surface area contributed by atoms with Crippen molar-refractivity contribution in [3.05, 3.63) is 48.0 Å². The first-order valence-corrected chi connectivity index (χ1v) is 5.04. The highest BCUT2D eigenvalue weighted by molar-refractivity contribution is 5.49. The lowest BCUT2D eigenvalue weighted by atomic mass is 10.2. The number of nitrogens with two attached hydrogens (primary N) is 2. The van der Waals surface area contributed by atoms with Crippen LogP contribution < -0.4 is 16.2 Å². The Hall–Kier alpha value is -2.16. The molecule has 0 bridgehead atoms. The van der Waals surface area contributed by atoms with Gasteiger partial charge in [0.2, 0.25) is 0 Å². The fourth-order valence-electron chi connectivity index (χ4n) is 1.51. The Labute approximate surface area is 94.6 Å². The second-order valence-corrected chi connectivity index (χ2v) is 3.75. The van der Waals surface area contributed by atoms with Gasteiger partial charge in [0, 0.05) is 17.4 Å². The minimum atomic E-state index is 0.699. The molecule has 0 aliphatic rings. The molecule has 0 heterocycles. The van der Waals surface area contributed by atoms with E-state index in [1.165, 1.54) is 0 Å². The summed E-state index contributed by atoms with van der Waals surface area (Å²) in [5, 5.41) is 0. The molecule has 4 N–H and O–H groups in total. The van der Waals surface area contributed by atoms with E-state index in [0.717, 1.165) is 22.7 Å². The lowest BCUT2D eigenvalue weighted by Gasteiger charge is -2.07. The van der Waals surface area contributed by atoms with E-state index in [1.807, 2.05) is 31.2 Å². The molecule has 0 radical (unpaired) electrons. The predicted octanol–water partition coefficient (Wildman–Crippen LogP) is 2.95. The van der Waals surface area contributed by atoms with Gasteiger partial charge >= 0.3 is 0 Å². The molecule has 0 saturated heterocycles. The van der Waals surface area contributed by atoms with E-state index < -0.39 is 0 Å². The molecule has 0 saturated carbocycles. The highest BCUT2D eigenvalue weighted by atomic mass is 16.5. The zero-order valence-electron chi connectivity index (χ0n) is 9.10. The average molecular weight is 214 g/mol. The van der Waals surface area contributed by atoms with Crippen molar-refractivity contribution >= 4 is 11.4 Å². The van der Waals surface area contributed by atoms with Crippen molar-refractivity contribution in [2.45, 2.75) is 6.92 Å². The number of rotatable bonds is 2. The fraction of sp³-hybridized carbons (Fsp3) is 0.0769. The van der Waals surface area contributed by atoms with Gasteiger partial charge < -0.3 is 16.2 Å². The normalized spacial score (nSPS) is 10.1. The average Bonchev–Trinajstić information content (AvgIpc) is 2.20. The highest BCUT2D eigenvalue weighted by Gasteiger charge is 1.99. The van der Waals surface area contributed by atoms with Gasteiger partial charge in [-0.15, -0.1) is 0 Å². The quantitative estimate of drug-likeness (QED) is 0.755. The Bertz CT molecular complexity index is 472. The number of nitrogen functional groups attached to an aromatic ring is 2. The van der Waals surface area contributed by atoms with Gasteiger partial charge in [0.15, 0.2) is 0 Å². The van der Waals surface area contributed by atoms with E-state index in [-0.39, 0.29) is 0 Å². The van der Waals surface area contributed by atoms with Crippen LogP contribution in [0.15, 0.2) is 42.5 Å². The lowest BCUT2D eigenvalue weighted by molar-refractivity contribution is 0.482. The Balaban J connectivity index is 2.23. The van der Waals surface area contributed by atoms with Gasteiger partial charge in [-0.1, -0.05) is 0 Å². The Morgan fingerprint density at radius 1 is 0.812 bits per heavy atom. The van der Waals surface area contributed by atoms with E-state index >= 15 is 0 Å². The molecule has 0 atom stereocenters. The van der Waals surface area contributed by atoms with Crippen molar-refractivity contribution in [2.75, 3.05) is 11.5 Å².